The maximum atomic E-state index is 13.1. The van der Waals surface area contributed by atoms with Gasteiger partial charge in [0.15, 0.2) is 17.3 Å². The number of amidine groups is 1. The van der Waals surface area contributed by atoms with Gasteiger partial charge in [-0.25, -0.2) is 0 Å². The van der Waals surface area contributed by atoms with E-state index in [-0.39, 0.29) is 12.3 Å². The van der Waals surface area contributed by atoms with Crippen LogP contribution in [0.5, 0.6) is 11.5 Å². The molecule has 0 saturated heterocycles. The Hall–Kier alpha value is -2.53. The summed E-state index contributed by atoms with van der Waals surface area (Å²) >= 11 is 6.06. The van der Waals surface area contributed by atoms with Crippen molar-refractivity contribution in [2.24, 2.45) is 4.99 Å². The average molecular weight is 399 g/mol. The first kappa shape index (κ1) is 18.8. The Kier molecular flexibility index (Phi) is 5.81. The minimum atomic E-state index is 0.0128. The topological polar surface area (TPSA) is 51.1 Å². The highest BCUT2D eigenvalue weighted by Gasteiger charge is 2.21. The molecular formula is C22H23ClN2O3. The van der Waals surface area contributed by atoms with Gasteiger partial charge < -0.3 is 14.4 Å². The van der Waals surface area contributed by atoms with Crippen molar-refractivity contribution in [1.82, 2.24) is 0 Å². The SMILES string of the molecule is O=C(CN(C1=NCCCCC1)c1ccc(Cl)cc1)c1ccc2c(c1)OCCO2. The number of hydrogen-bond acceptors (Lipinski definition) is 5. The van der Waals surface area contributed by atoms with Gasteiger partial charge in [0.1, 0.15) is 19.0 Å². The molecule has 0 aliphatic carbocycles. The van der Waals surface area contributed by atoms with Crippen LogP contribution >= 0.6 is 11.6 Å². The highest BCUT2D eigenvalue weighted by Crippen LogP contribution is 2.31. The van der Waals surface area contributed by atoms with E-state index in [1.54, 1.807) is 18.2 Å². The molecule has 146 valence electrons. The van der Waals surface area contributed by atoms with E-state index in [9.17, 15) is 4.79 Å². The van der Waals surface area contributed by atoms with Crippen LogP contribution in [0.25, 0.3) is 0 Å². The van der Waals surface area contributed by atoms with Gasteiger partial charge in [0, 0.05) is 29.2 Å². The molecule has 4 rings (SSSR count). The molecule has 2 aliphatic rings. The molecule has 0 unspecified atom stereocenters. The minimum Gasteiger partial charge on any atom is -0.486 e. The fourth-order valence-corrected chi connectivity index (χ4v) is 3.61. The van der Waals surface area contributed by atoms with Crippen LogP contribution in [-0.4, -0.2) is 37.9 Å². The number of benzene rings is 2. The smallest absolute Gasteiger partial charge is 0.182 e. The molecule has 28 heavy (non-hydrogen) atoms. The van der Waals surface area contributed by atoms with Crippen molar-refractivity contribution in [3.05, 3.63) is 53.1 Å². The third kappa shape index (κ3) is 4.30. The van der Waals surface area contributed by atoms with Crippen LogP contribution in [0.15, 0.2) is 47.5 Å². The molecule has 0 amide bonds. The minimum absolute atomic E-state index is 0.0128. The molecule has 0 atom stereocenters. The first-order valence-corrected chi connectivity index (χ1v) is 10.1. The van der Waals surface area contributed by atoms with E-state index in [1.165, 1.54) is 0 Å². The van der Waals surface area contributed by atoms with Gasteiger partial charge in [0.2, 0.25) is 0 Å². The van der Waals surface area contributed by atoms with Gasteiger partial charge in [-0.2, -0.15) is 0 Å². The molecule has 0 aromatic heterocycles. The summed E-state index contributed by atoms with van der Waals surface area (Å²) in [4.78, 5) is 19.9. The predicted molar refractivity (Wildman–Crippen MR) is 111 cm³/mol. The van der Waals surface area contributed by atoms with Gasteiger partial charge in [0.25, 0.3) is 0 Å². The van der Waals surface area contributed by atoms with E-state index in [0.29, 0.717) is 35.3 Å². The van der Waals surface area contributed by atoms with Gasteiger partial charge in [-0.1, -0.05) is 18.0 Å². The molecule has 2 aliphatic heterocycles. The number of anilines is 1. The molecule has 2 aromatic rings. The van der Waals surface area contributed by atoms with Crippen molar-refractivity contribution in [3.63, 3.8) is 0 Å². The zero-order valence-electron chi connectivity index (χ0n) is 15.7. The molecule has 0 N–H and O–H groups in total. The maximum absolute atomic E-state index is 13.1. The van der Waals surface area contributed by atoms with Crippen LogP contribution in [0, 0.1) is 0 Å². The van der Waals surface area contributed by atoms with Crippen LogP contribution in [0.1, 0.15) is 36.0 Å². The van der Waals surface area contributed by atoms with Crippen molar-refractivity contribution in [2.45, 2.75) is 25.7 Å². The number of fused-ring (bicyclic) bond motifs is 1. The quantitative estimate of drug-likeness (QED) is 0.696. The fraction of sp³-hybridized carbons (Fsp3) is 0.364. The van der Waals surface area contributed by atoms with E-state index in [4.69, 9.17) is 26.1 Å². The van der Waals surface area contributed by atoms with Gasteiger partial charge in [-0.3, -0.25) is 9.79 Å². The van der Waals surface area contributed by atoms with Crippen molar-refractivity contribution in [2.75, 3.05) is 31.2 Å². The monoisotopic (exact) mass is 398 g/mol. The summed E-state index contributed by atoms with van der Waals surface area (Å²) in [6, 6.07) is 12.9. The van der Waals surface area contributed by atoms with Gasteiger partial charge in [0.05, 0.1) is 6.54 Å². The number of Topliss-reactive ketones (excluding diaryl/α,β-unsaturated/α-hetero) is 1. The van der Waals surface area contributed by atoms with Gasteiger partial charge in [-0.05, 0) is 55.3 Å². The number of carbonyl (C=O) groups excluding carboxylic acids is 1. The Labute approximate surface area is 169 Å². The number of rotatable bonds is 4. The highest BCUT2D eigenvalue weighted by atomic mass is 35.5. The number of nitrogens with zero attached hydrogens (tertiary/aromatic N) is 2. The highest BCUT2D eigenvalue weighted by molar-refractivity contribution is 6.30. The summed E-state index contributed by atoms with van der Waals surface area (Å²) in [7, 11) is 0. The van der Waals surface area contributed by atoms with E-state index in [0.717, 1.165) is 43.8 Å². The van der Waals surface area contributed by atoms with Gasteiger partial charge >= 0.3 is 0 Å². The lowest BCUT2D eigenvalue weighted by molar-refractivity contribution is 0.100. The van der Waals surface area contributed by atoms with Crippen molar-refractivity contribution in [1.29, 1.82) is 0 Å². The van der Waals surface area contributed by atoms with Crippen LogP contribution < -0.4 is 14.4 Å². The number of ketones is 1. The van der Waals surface area contributed by atoms with Crippen molar-refractivity contribution < 1.29 is 14.3 Å². The molecule has 2 heterocycles. The summed E-state index contributed by atoms with van der Waals surface area (Å²) in [5.74, 6) is 2.29. The maximum Gasteiger partial charge on any atom is 0.182 e. The molecule has 5 nitrogen and oxygen atoms in total. The normalized spacial score (nSPS) is 16.1. The first-order chi connectivity index (χ1) is 13.7. The third-order valence-corrected chi connectivity index (χ3v) is 5.22. The van der Waals surface area contributed by atoms with Crippen LogP contribution in [0.4, 0.5) is 5.69 Å². The zero-order chi connectivity index (χ0) is 19.3. The van der Waals surface area contributed by atoms with E-state index < -0.39 is 0 Å². The lowest BCUT2D eigenvalue weighted by atomic mass is 10.1. The molecule has 0 saturated carbocycles. The number of halogens is 1. The van der Waals surface area contributed by atoms with E-state index in [1.807, 2.05) is 29.2 Å². The Morgan fingerprint density at radius 3 is 2.61 bits per heavy atom. The summed E-state index contributed by atoms with van der Waals surface area (Å²) < 4.78 is 11.2. The number of hydrogen-bond donors (Lipinski definition) is 0. The Morgan fingerprint density at radius 2 is 1.79 bits per heavy atom. The van der Waals surface area contributed by atoms with Crippen LogP contribution in [0.3, 0.4) is 0 Å². The largest absolute Gasteiger partial charge is 0.486 e. The lowest BCUT2D eigenvalue weighted by Crippen LogP contribution is -2.36. The zero-order valence-corrected chi connectivity index (χ0v) is 16.5. The molecule has 0 radical (unpaired) electrons. The standard InChI is InChI=1S/C22H23ClN2O3/c23-17-6-8-18(9-7-17)25(22-4-2-1-3-11-24-22)15-19(26)16-5-10-20-21(14-16)28-13-12-27-20/h5-10,14H,1-4,11-13,15H2. The molecule has 0 spiro atoms. The number of carbonyl (C=O) groups is 1. The predicted octanol–water partition coefficient (Wildman–Crippen LogP) is 4.77. The van der Waals surface area contributed by atoms with Crippen LogP contribution in [0.2, 0.25) is 5.02 Å². The summed E-state index contributed by atoms with van der Waals surface area (Å²) in [6.45, 7) is 2.06. The van der Waals surface area contributed by atoms with Crippen LogP contribution in [-0.2, 0) is 0 Å². The summed E-state index contributed by atoms with van der Waals surface area (Å²) in [5.41, 5.74) is 1.54. The second kappa shape index (κ2) is 8.65. The Bertz CT molecular complexity index is 880. The molecule has 0 fully saturated rings. The van der Waals surface area contributed by atoms with Crippen molar-refractivity contribution >= 4 is 28.9 Å². The summed E-state index contributed by atoms with van der Waals surface area (Å²) in [5, 5.41) is 0.671. The third-order valence-electron chi connectivity index (χ3n) is 4.97. The van der Waals surface area contributed by atoms with E-state index >= 15 is 0 Å². The second-order valence-electron chi connectivity index (χ2n) is 6.95. The average Bonchev–Trinajstić information content (AvgIpc) is 3.01. The first-order valence-electron chi connectivity index (χ1n) is 9.70. The Morgan fingerprint density at radius 1 is 1.00 bits per heavy atom. The molecular weight excluding hydrogens is 376 g/mol. The number of ether oxygens (including phenoxy) is 2. The van der Waals surface area contributed by atoms with Gasteiger partial charge in [-0.15, -0.1) is 0 Å². The molecule has 0 bridgehead atoms. The Balaban J connectivity index is 1.60. The summed E-state index contributed by atoms with van der Waals surface area (Å²) in [6.07, 6.45) is 4.21. The fourth-order valence-electron chi connectivity index (χ4n) is 3.48. The molecule has 2 aromatic carbocycles. The van der Waals surface area contributed by atoms with Crippen molar-refractivity contribution in [3.8, 4) is 11.5 Å². The molecule has 6 heteroatoms. The lowest BCUT2D eigenvalue weighted by Gasteiger charge is -2.26. The second-order valence-corrected chi connectivity index (χ2v) is 7.39. The van der Waals surface area contributed by atoms with E-state index in [2.05, 4.69) is 0 Å². The number of aliphatic imine (C=N–C) groups is 1.